The first-order valence-corrected chi connectivity index (χ1v) is 11.9. The zero-order chi connectivity index (χ0) is 22.9. The van der Waals surface area contributed by atoms with E-state index in [0.29, 0.717) is 0 Å². The summed E-state index contributed by atoms with van der Waals surface area (Å²) in [6.07, 6.45) is 3.59. The standard InChI is InChI=1S/C27H30N2O4/c1-3-18-15-20(4-2)24(32-17-18)23-22-25(33-29(23)21-13-9-6-10-14-21)27(31)28(26(22)30)16-19-11-7-5-8-12-19/h5-14,17,20,22-25H,3-4,15-16H2,1-2H3/t20-,22+,23+,24+,25-/m1/s1. The fourth-order valence-electron chi connectivity index (χ4n) is 5.32. The van der Waals surface area contributed by atoms with Crippen LogP contribution < -0.4 is 5.06 Å². The molecule has 2 aromatic rings. The summed E-state index contributed by atoms with van der Waals surface area (Å²) in [6.45, 7) is 4.55. The molecule has 0 bridgehead atoms. The molecule has 3 aliphatic rings. The summed E-state index contributed by atoms with van der Waals surface area (Å²) in [6, 6.07) is 18.9. The van der Waals surface area contributed by atoms with E-state index >= 15 is 0 Å². The van der Waals surface area contributed by atoms with Gasteiger partial charge in [0.25, 0.3) is 5.91 Å². The van der Waals surface area contributed by atoms with E-state index < -0.39 is 12.0 Å². The van der Waals surface area contributed by atoms with Crippen molar-refractivity contribution >= 4 is 17.5 Å². The van der Waals surface area contributed by atoms with Crippen molar-refractivity contribution < 1.29 is 19.2 Å². The average Bonchev–Trinajstić information content (AvgIpc) is 3.36. The maximum Gasteiger partial charge on any atom is 0.262 e. The normalized spacial score (nSPS) is 29.2. The summed E-state index contributed by atoms with van der Waals surface area (Å²) in [4.78, 5) is 34.6. The fourth-order valence-corrected chi connectivity index (χ4v) is 5.32. The lowest BCUT2D eigenvalue weighted by atomic mass is 9.80. The Balaban J connectivity index is 1.50. The third kappa shape index (κ3) is 3.82. The van der Waals surface area contributed by atoms with Gasteiger partial charge in [-0.1, -0.05) is 62.4 Å². The molecule has 6 nitrogen and oxygen atoms in total. The number of nitrogens with zero attached hydrogens (tertiary/aromatic N) is 2. The van der Waals surface area contributed by atoms with Crippen LogP contribution in [0.1, 0.15) is 38.7 Å². The van der Waals surface area contributed by atoms with Crippen molar-refractivity contribution in [2.24, 2.45) is 11.8 Å². The van der Waals surface area contributed by atoms with Crippen molar-refractivity contribution in [3.05, 3.63) is 78.1 Å². The second-order valence-electron chi connectivity index (χ2n) is 9.05. The van der Waals surface area contributed by atoms with Crippen molar-refractivity contribution in [2.45, 2.75) is 57.9 Å². The van der Waals surface area contributed by atoms with Gasteiger partial charge in [-0.15, -0.1) is 0 Å². The molecule has 3 heterocycles. The van der Waals surface area contributed by atoms with E-state index in [1.165, 1.54) is 10.5 Å². The van der Waals surface area contributed by atoms with Gasteiger partial charge >= 0.3 is 0 Å². The number of carbonyl (C=O) groups excluding carboxylic acids is 2. The van der Waals surface area contributed by atoms with Crippen LogP contribution in [0.5, 0.6) is 0 Å². The van der Waals surface area contributed by atoms with E-state index in [2.05, 4.69) is 13.8 Å². The Morgan fingerprint density at radius 1 is 0.939 bits per heavy atom. The lowest BCUT2D eigenvalue weighted by Crippen LogP contribution is -2.50. The van der Waals surface area contributed by atoms with Crippen LogP contribution in [0.25, 0.3) is 0 Å². The maximum atomic E-state index is 13.7. The van der Waals surface area contributed by atoms with E-state index in [4.69, 9.17) is 9.57 Å². The molecule has 0 spiro atoms. The Kier molecular flexibility index (Phi) is 5.94. The predicted octanol–water partition coefficient (Wildman–Crippen LogP) is 4.47. The number of benzene rings is 2. The molecule has 172 valence electrons. The van der Waals surface area contributed by atoms with E-state index in [0.717, 1.165) is 30.5 Å². The highest BCUT2D eigenvalue weighted by Gasteiger charge is 2.62. The van der Waals surface area contributed by atoms with Gasteiger partial charge in [-0.25, -0.2) is 5.06 Å². The van der Waals surface area contributed by atoms with Crippen LogP contribution in [0, 0.1) is 11.8 Å². The monoisotopic (exact) mass is 446 g/mol. The van der Waals surface area contributed by atoms with Crippen molar-refractivity contribution in [1.29, 1.82) is 0 Å². The molecule has 33 heavy (non-hydrogen) atoms. The van der Waals surface area contributed by atoms with Crippen molar-refractivity contribution in [2.75, 3.05) is 5.06 Å². The summed E-state index contributed by atoms with van der Waals surface area (Å²) in [7, 11) is 0. The van der Waals surface area contributed by atoms with E-state index in [9.17, 15) is 9.59 Å². The molecular formula is C27H30N2O4. The van der Waals surface area contributed by atoms with Crippen molar-refractivity contribution in [3.8, 4) is 0 Å². The summed E-state index contributed by atoms with van der Waals surface area (Å²) < 4.78 is 6.30. The number of anilines is 1. The number of amides is 2. The lowest BCUT2D eigenvalue weighted by Gasteiger charge is -2.39. The second kappa shape index (κ2) is 9.02. The molecule has 0 N–H and O–H groups in total. The number of hydrogen-bond donors (Lipinski definition) is 0. The number of fused-ring (bicyclic) bond motifs is 1. The lowest BCUT2D eigenvalue weighted by molar-refractivity contribution is -0.144. The molecule has 5 atom stereocenters. The zero-order valence-electron chi connectivity index (χ0n) is 19.1. The molecule has 0 unspecified atom stereocenters. The van der Waals surface area contributed by atoms with Crippen LogP contribution in [0.2, 0.25) is 0 Å². The van der Waals surface area contributed by atoms with Crippen LogP contribution in [0.4, 0.5) is 5.69 Å². The minimum atomic E-state index is -0.830. The quantitative estimate of drug-likeness (QED) is 0.613. The number of rotatable bonds is 6. The second-order valence-corrected chi connectivity index (χ2v) is 9.05. The SMILES string of the molecule is CCC1=CO[C@H]([C@@H]2[C@@H]3C(=O)N(Cc4ccccc4)C(=O)[C@@H]3ON2c2ccccc2)[C@H](CC)C1. The van der Waals surface area contributed by atoms with Crippen LogP contribution in [0.3, 0.4) is 0 Å². The molecule has 0 radical (unpaired) electrons. The number of para-hydroxylation sites is 1. The van der Waals surface area contributed by atoms with Crippen LogP contribution in [-0.2, 0) is 25.7 Å². The first-order chi connectivity index (χ1) is 16.1. The number of ether oxygens (including phenoxy) is 1. The maximum absolute atomic E-state index is 13.7. The number of imide groups is 1. The van der Waals surface area contributed by atoms with E-state index in [1.807, 2.05) is 66.9 Å². The average molecular weight is 447 g/mol. The number of carbonyl (C=O) groups is 2. The number of hydrogen-bond acceptors (Lipinski definition) is 5. The Morgan fingerprint density at radius 3 is 2.30 bits per heavy atom. The highest BCUT2D eigenvalue weighted by atomic mass is 16.7. The third-order valence-corrected chi connectivity index (χ3v) is 7.14. The van der Waals surface area contributed by atoms with E-state index in [1.54, 1.807) is 5.06 Å². The molecule has 2 saturated heterocycles. The van der Waals surface area contributed by atoms with Gasteiger partial charge in [-0.2, -0.15) is 0 Å². The highest BCUT2D eigenvalue weighted by molar-refractivity contribution is 6.07. The largest absolute Gasteiger partial charge is 0.495 e. The van der Waals surface area contributed by atoms with Crippen LogP contribution >= 0.6 is 0 Å². The Labute approximate surface area is 194 Å². The topological polar surface area (TPSA) is 59.1 Å². The molecule has 2 amide bonds. The number of allylic oxidation sites excluding steroid dienone is 1. The summed E-state index contributed by atoms with van der Waals surface area (Å²) in [5, 5.41) is 1.77. The van der Waals surface area contributed by atoms with Crippen molar-refractivity contribution in [1.82, 2.24) is 4.90 Å². The summed E-state index contributed by atoms with van der Waals surface area (Å²) in [5.74, 6) is -0.807. The molecule has 0 aliphatic carbocycles. The van der Waals surface area contributed by atoms with Gasteiger partial charge in [0, 0.05) is 5.92 Å². The minimum Gasteiger partial charge on any atom is -0.495 e. The van der Waals surface area contributed by atoms with Gasteiger partial charge in [0.05, 0.1) is 18.5 Å². The van der Waals surface area contributed by atoms with Gasteiger partial charge in [-0.3, -0.25) is 19.3 Å². The molecule has 5 rings (SSSR count). The van der Waals surface area contributed by atoms with E-state index in [-0.39, 0.29) is 36.4 Å². The van der Waals surface area contributed by atoms with Gasteiger partial charge in [0.1, 0.15) is 18.1 Å². The Morgan fingerprint density at radius 2 is 1.64 bits per heavy atom. The van der Waals surface area contributed by atoms with Crippen LogP contribution in [0.15, 0.2) is 72.5 Å². The van der Waals surface area contributed by atoms with Gasteiger partial charge in [0.15, 0.2) is 6.10 Å². The van der Waals surface area contributed by atoms with Gasteiger partial charge in [0.2, 0.25) is 5.91 Å². The number of likely N-dealkylation sites (tertiary alicyclic amines) is 1. The predicted molar refractivity (Wildman–Crippen MR) is 125 cm³/mol. The smallest absolute Gasteiger partial charge is 0.262 e. The molecule has 3 aliphatic heterocycles. The molecule has 0 aromatic heterocycles. The van der Waals surface area contributed by atoms with Crippen LogP contribution in [-0.4, -0.2) is 35.0 Å². The third-order valence-electron chi connectivity index (χ3n) is 7.14. The first kappa shape index (κ1) is 21.7. The molecule has 0 saturated carbocycles. The number of hydroxylamine groups is 1. The highest BCUT2D eigenvalue weighted by Crippen LogP contribution is 2.44. The minimum absolute atomic E-state index is 0.180. The first-order valence-electron chi connectivity index (χ1n) is 11.9. The van der Waals surface area contributed by atoms with Gasteiger partial charge in [-0.05, 0) is 42.5 Å². The molecule has 6 heteroatoms. The summed E-state index contributed by atoms with van der Waals surface area (Å²) >= 11 is 0. The Hall–Kier alpha value is -3.12. The molecule has 2 aromatic carbocycles. The molecule has 2 fully saturated rings. The fraction of sp³-hybridized carbons (Fsp3) is 0.407. The zero-order valence-corrected chi connectivity index (χ0v) is 19.1. The van der Waals surface area contributed by atoms with Crippen molar-refractivity contribution in [3.63, 3.8) is 0 Å². The molecular weight excluding hydrogens is 416 g/mol. The Bertz CT molecular complexity index is 1040. The van der Waals surface area contributed by atoms with Gasteiger partial charge < -0.3 is 4.74 Å². The summed E-state index contributed by atoms with van der Waals surface area (Å²) in [5.41, 5.74) is 3.03.